The van der Waals surface area contributed by atoms with Crippen LogP contribution in [0.25, 0.3) is 0 Å². The van der Waals surface area contributed by atoms with E-state index in [0.29, 0.717) is 17.1 Å². The van der Waals surface area contributed by atoms with Gasteiger partial charge in [0.1, 0.15) is 5.69 Å². The maximum absolute atomic E-state index is 8.74. The van der Waals surface area contributed by atoms with Crippen LogP contribution in [0.5, 0.6) is 0 Å². The number of rotatable bonds is 2. The van der Waals surface area contributed by atoms with E-state index in [-0.39, 0.29) is 5.84 Å². The first-order valence-corrected chi connectivity index (χ1v) is 6.50. The van der Waals surface area contributed by atoms with Crippen molar-refractivity contribution >= 4 is 11.8 Å². The first kappa shape index (κ1) is 13.6. The van der Waals surface area contributed by atoms with E-state index in [4.69, 9.17) is 10.9 Å². The van der Waals surface area contributed by atoms with Gasteiger partial charge >= 0.3 is 0 Å². The van der Waals surface area contributed by atoms with Crippen LogP contribution in [0.1, 0.15) is 38.1 Å². The van der Waals surface area contributed by atoms with E-state index in [9.17, 15) is 0 Å². The monoisotopic (exact) mass is 263 g/mol. The number of piperidine rings is 1. The number of hydrogen-bond donors (Lipinski definition) is 2. The van der Waals surface area contributed by atoms with E-state index in [1.807, 2.05) is 6.92 Å². The molecule has 1 saturated heterocycles. The average Bonchev–Trinajstić information content (AvgIpc) is 2.37. The standard InChI is InChI=1S/C13H21N5O/c1-9-8-10(11(14)17-19)16-12(15-9)18-6-4-13(2,3)5-7-18/h8,19H,4-7H2,1-3H3,(H2,14,17). The smallest absolute Gasteiger partial charge is 0.226 e. The number of oxime groups is 1. The molecule has 1 aromatic rings. The minimum absolute atomic E-state index is 0.0177. The molecular formula is C13H21N5O. The Balaban J connectivity index is 2.24. The Morgan fingerprint density at radius 2 is 2.00 bits per heavy atom. The lowest BCUT2D eigenvalue weighted by atomic mass is 9.83. The minimum Gasteiger partial charge on any atom is -0.409 e. The third kappa shape index (κ3) is 3.13. The maximum Gasteiger partial charge on any atom is 0.226 e. The van der Waals surface area contributed by atoms with Crippen LogP contribution in [0.3, 0.4) is 0 Å². The molecule has 0 amide bonds. The topological polar surface area (TPSA) is 87.6 Å². The molecule has 0 aliphatic carbocycles. The Bertz CT molecular complexity index is 488. The van der Waals surface area contributed by atoms with Gasteiger partial charge in [0.15, 0.2) is 5.84 Å². The highest BCUT2D eigenvalue weighted by Crippen LogP contribution is 2.31. The molecule has 1 aromatic heterocycles. The summed E-state index contributed by atoms with van der Waals surface area (Å²) in [4.78, 5) is 11.0. The molecule has 0 aromatic carbocycles. The number of amidine groups is 1. The Morgan fingerprint density at radius 3 is 2.58 bits per heavy atom. The second kappa shape index (κ2) is 5.03. The van der Waals surface area contributed by atoms with Gasteiger partial charge < -0.3 is 15.8 Å². The average molecular weight is 263 g/mol. The Hall–Kier alpha value is -1.85. The van der Waals surface area contributed by atoms with Gasteiger partial charge in [0, 0.05) is 18.8 Å². The summed E-state index contributed by atoms with van der Waals surface area (Å²) >= 11 is 0. The molecule has 19 heavy (non-hydrogen) atoms. The Morgan fingerprint density at radius 1 is 1.37 bits per heavy atom. The molecule has 1 aliphatic rings. The molecule has 0 saturated carbocycles. The summed E-state index contributed by atoms with van der Waals surface area (Å²) in [5.74, 6) is 0.682. The number of aromatic nitrogens is 2. The van der Waals surface area contributed by atoms with E-state index < -0.39 is 0 Å². The molecule has 1 fully saturated rings. The van der Waals surface area contributed by atoms with Crippen LogP contribution in [0.2, 0.25) is 0 Å². The van der Waals surface area contributed by atoms with E-state index in [1.54, 1.807) is 6.07 Å². The summed E-state index contributed by atoms with van der Waals surface area (Å²) in [5.41, 5.74) is 7.26. The van der Waals surface area contributed by atoms with Gasteiger partial charge in [-0.1, -0.05) is 19.0 Å². The lowest BCUT2D eigenvalue weighted by molar-refractivity contribution is 0.278. The molecule has 6 heteroatoms. The molecule has 0 unspecified atom stereocenters. The third-order valence-corrected chi connectivity index (χ3v) is 3.61. The van der Waals surface area contributed by atoms with Crippen LogP contribution < -0.4 is 10.6 Å². The molecule has 6 nitrogen and oxygen atoms in total. The minimum atomic E-state index is 0.0177. The van der Waals surface area contributed by atoms with Crippen LogP contribution in [0.4, 0.5) is 5.95 Å². The van der Waals surface area contributed by atoms with Crippen molar-refractivity contribution in [2.24, 2.45) is 16.3 Å². The van der Waals surface area contributed by atoms with Crippen molar-refractivity contribution in [2.75, 3.05) is 18.0 Å². The SMILES string of the molecule is Cc1cc(/C(N)=N/O)nc(N2CCC(C)(C)CC2)n1. The molecule has 1 aliphatic heterocycles. The number of nitrogens with two attached hydrogens (primary N) is 1. The molecule has 0 bridgehead atoms. The van der Waals surface area contributed by atoms with Crippen LogP contribution in [-0.4, -0.2) is 34.1 Å². The predicted octanol–water partition coefficient (Wildman–Crippen LogP) is 1.51. The van der Waals surface area contributed by atoms with E-state index in [2.05, 4.69) is 33.9 Å². The lowest BCUT2D eigenvalue weighted by Crippen LogP contribution is -2.38. The van der Waals surface area contributed by atoms with Crippen molar-refractivity contribution in [2.45, 2.75) is 33.6 Å². The van der Waals surface area contributed by atoms with Crippen LogP contribution >= 0.6 is 0 Å². The summed E-state index contributed by atoms with van der Waals surface area (Å²) in [7, 11) is 0. The summed E-state index contributed by atoms with van der Waals surface area (Å²) in [6.07, 6.45) is 2.23. The van der Waals surface area contributed by atoms with E-state index in [1.165, 1.54) is 0 Å². The van der Waals surface area contributed by atoms with Crippen LogP contribution in [-0.2, 0) is 0 Å². The van der Waals surface area contributed by atoms with Gasteiger partial charge in [-0.2, -0.15) is 0 Å². The van der Waals surface area contributed by atoms with Gasteiger partial charge in [0.25, 0.3) is 0 Å². The first-order chi connectivity index (χ1) is 8.91. The number of nitrogens with zero attached hydrogens (tertiary/aromatic N) is 4. The molecule has 3 N–H and O–H groups in total. The molecule has 0 spiro atoms. The normalized spacial score (nSPS) is 19.5. The zero-order chi connectivity index (χ0) is 14.0. The quantitative estimate of drug-likeness (QED) is 0.365. The van der Waals surface area contributed by atoms with Gasteiger partial charge in [0.05, 0.1) is 0 Å². The summed E-state index contributed by atoms with van der Waals surface area (Å²) in [5, 5.41) is 11.7. The zero-order valence-corrected chi connectivity index (χ0v) is 11.7. The largest absolute Gasteiger partial charge is 0.409 e. The van der Waals surface area contributed by atoms with Gasteiger partial charge in [-0.3, -0.25) is 0 Å². The highest BCUT2D eigenvalue weighted by Gasteiger charge is 2.26. The van der Waals surface area contributed by atoms with Crippen LogP contribution in [0.15, 0.2) is 11.2 Å². The van der Waals surface area contributed by atoms with Crippen molar-refractivity contribution in [3.05, 3.63) is 17.5 Å². The number of anilines is 1. The molecule has 2 rings (SSSR count). The van der Waals surface area contributed by atoms with E-state index >= 15 is 0 Å². The molecule has 2 heterocycles. The van der Waals surface area contributed by atoms with Crippen molar-refractivity contribution in [3.63, 3.8) is 0 Å². The Kier molecular flexibility index (Phi) is 3.59. The fraction of sp³-hybridized carbons (Fsp3) is 0.615. The van der Waals surface area contributed by atoms with Crippen molar-refractivity contribution in [1.82, 2.24) is 9.97 Å². The summed E-state index contributed by atoms with van der Waals surface area (Å²) < 4.78 is 0. The maximum atomic E-state index is 8.74. The van der Waals surface area contributed by atoms with Crippen molar-refractivity contribution < 1.29 is 5.21 Å². The number of aryl methyl sites for hydroxylation is 1. The zero-order valence-electron chi connectivity index (χ0n) is 11.7. The molecule has 0 atom stereocenters. The highest BCUT2D eigenvalue weighted by molar-refractivity contribution is 5.95. The van der Waals surface area contributed by atoms with Gasteiger partial charge in [-0.15, -0.1) is 0 Å². The summed E-state index contributed by atoms with van der Waals surface area (Å²) in [6, 6.07) is 1.71. The number of hydrogen-bond acceptors (Lipinski definition) is 5. The van der Waals surface area contributed by atoms with Crippen molar-refractivity contribution in [1.29, 1.82) is 0 Å². The molecule has 0 radical (unpaired) electrons. The lowest BCUT2D eigenvalue weighted by Gasteiger charge is -2.37. The summed E-state index contributed by atoms with van der Waals surface area (Å²) in [6.45, 7) is 8.32. The second-order valence-electron chi connectivity index (χ2n) is 5.83. The van der Waals surface area contributed by atoms with Gasteiger partial charge in [-0.05, 0) is 31.2 Å². The fourth-order valence-corrected chi connectivity index (χ4v) is 2.19. The van der Waals surface area contributed by atoms with Gasteiger partial charge in [-0.25, -0.2) is 9.97 Å². The van der Waals surface area contributed by atoms with Gasteiger partial charge in [0.2, 0.25) is 5.95 Å². The van der Waals surface area contributed by atoms with Crippen LogP contribution in [0, 0.1) is 12.3 Å². The second-order valence-corrected chi connectivity index (χ2v) is 5.83. The van der Waals surface area contributed by atoms with Crippen molar-refractivity contribution in [3.8, 4) is 0 Å². The fourth-order valence-electron chi connectivity index (χ4n) is 2.19. The third-order valence-electron chi connectivity index (χ3n) is 3.61. The molecular weight excluding hydrogens is 242 g/mol. The predicted molar refractivity (Wildman–Crippen MR) is 74.5 cm³/mol. The molecule has 104 valence electrons. The highest BCUT2D eigenvalue weighted by atomic mass is 16.4. The Labute approximate surface area is 113 Å². The first-order valence-electron chi connectivity index (χ1n) is 6.50. The van der Waals surface area contributed by atoms with E-state index in [0.717, 1.165) is 31.6 Å².